The number of rotatable bonds is 7. The normalized spacial score (nSPS) is 16.3. The molecule has 0 saturated carbocycles. The van der Waals surface area contributed by atoms with Crippen molar-refractivity contribution in [2.24, 2.45) is 0 Å². The van der Waals surface area contributed by atoms with Crippen LogP contribution in [-0.4, -0.2) is 44.7 Å². The van der Waals surface area contributed by atoms with Gasteiger partial charge in [0.1, 0.15) is 26.2 Å². The molecule has 1 aliphatic heterocycles. The summed E-state index contributed by atoms with van der Waals surface area (Å²) < 4.78 is 0. The zero-order chi connectivity index (χ0) is 18.2. The van der Waals surface area contributed by atoms with E-state index in [9.17, 15) is 4.79 Å². The molecule has 2 aromatic rings. The Kier molecular flexibility index (Phi) is 6.61. The number of piperazine rings is 1. The summed E-state index contributed by atoms with van der Waals surface area (Å²) in [6.07, 6.45) is 3.93. The van der Waals surface area contributed by atoms with E-state index in [0.29, 0.717) is 6.54 Å². The average Bonchev–Trinajstić information content (AvgIpc) is 2.68. The minimum Gasteiger partial charge on any atom is -0.349 e. The zero-order valence-electron chi connectivity index (χ0n) is 15.6. The van der Waals surface area contributed by atoms with Crippen molar-refractivity contribution in [3.8, 4) is 0 Å². The van der Waals surface area contributed by atoms with Gasteiger partial charge in [-0.25, -0.2) is 4.98 Å². The van der Waals surface area contributed by atoms with Crippen LogP contribution in [0.4, 0.5) is 5.82 Å². The van der Waals surface area contributed by atoms with E-state index in [1.807, 2.05) is 18.3 Å². The Hall–Kier alpha value is -2.40. The second kappa shape index (κ2) is 9.34. The second-order valence-corrected chi connectivity index (χ2v) is 7.15. The minimum atomic E-state index is 0.167. The number of quaternary nitrogens is 1. The molecular formula is C21H30N4O+2. The third-order valence-electron chi connectivity index (χ3n) is 5.03. The first-order valence-corrected chi connectivity index (χ1v) is 9.59. The first-order valence-electron chi connectivity index (χ1n) is 9.59. The van der Waals surface area contributed by atoms with E-state index in [0.717, 1.165) is 44.8 Å². The second-order valence-electron chi connectivity index (χ2n) is 7.15. The molecule has 0 unspecified atom stereocenters. The van der Waals surface area contributed by atoms with Gasteiger partial charge in [0, 0.05) is 12.1 Å². The highest BCUT2D eigenvalue weighted by Crippen LogP contribution is 2.05. The lowest BCUT2D eigenvalue weighted by molar-refractivity contribution is -0.892. The Labute approximate surface area is 156 Å². The number of nitrogens with one attached hydrogen (secondary N) is 3. The molecule has 0 aliphatic carbocycles. The molecule has 3 rings (SSSR count). The van der Waals surface area contributed by atoms with Crippen LogP contribution in [0.1, 0.15) is 18.9 Å². The van der Waals surface area contributed by atoms with Crippen LogP contribution in [-0.2, 0) is 11.2 Å². The van der Waals surface area contributed by atoms with Gasteiger partial charge in [-0.2, -0.15) is 0 Å². The molecular weight excluding hydrogens is 324 g/mol. The van der Waals surface area contributed by atoms with E-state index >= 15 is 0 Å². The summed E-state index contributed by atoms with van der Waals surface area (Å²) in [5, 5.41) is 3.16. The van der Waals surface area contributed by atoms with E-state index in [-0.39, 0.29) is 11.9 Å². The van der Waals surface area contributed by atoms with Crippen LogP contribution in [0.15, 0.2) is 54.7 Å². The molecule has 1 amide bonds. The van der Waals surface area contributed by atoms with Crippen molar-refractivity contribution in [1.29, 1.82) is 0 Å². The van der Waals surface area contributed by atoms with Gasteiger partial charge in [0.2, 0.25) is 0 Å². The molecule has 0 bridgehead atoms. The number of H-pyrrole nitrogens is 1. The molecule has 5 nitrogen and oxygen atoms in total. The number of anilines is 1. The topological polar surface area (TPSA) is 50.9 Å². The van der Waals surface area contributed by atoms with E-state index < -0.39 is 0 Å². The van der Waals surface area contributed by atoms with Gasteiger partial charge < -0.3 is 10.2 Å². The Balaban J connectivity index is 1.36. The number of hydrogen-bond acceptors (Lipinski definition) is 2. The van der Waals surface area contributed by atoms with Gasteiger partial charge in [-0.1, -0.05) is 36.4 Å². The summed E-state index contributed by atoms with van der Waals surface area (Å²) in [7, 11) is 0. The summed E-state index contributed by atoms with van der Waals surface area (Å²) >= 11 is 0. The van der Waals surface area contributed by atoms with Crippen molar-refractivity contribution in [3.05, 3.63) is 60.3 Å². The van der Waals surface area contributed by atoms with Crippen LogP contribution in [0, 0.1) is 0 Å². The standard InChI is InChI=1S/C21H28N4O/c1-18(10-11-19-7-3-2-4-8-19)23-21(26)17-24-13-15-25(16-14-24)20-9-5-6-12-22-20/h2-9,12,18H,10-11,13-17H2,1H3,(H,23,26)/p+2/t18-/m0/s1. The smallest absolute Gasteiger partial charge is 0.275 e. The molecule has 138 valence electrons. The monoisotopic (exact) mass is 354 g/mol. The molecule has 26 heavy (non-hydrogen) atoms. The van der Waals surface area contributed by atoms with Gasteiger partial charge >= 0.3 is 0 Å². The van der Waals surface area contributed by atoms with Crippen molar-refractivity contribution in [2.75, 3.05) is 37.6 Å². The molecule has 1 fully saturated rings. The highest BCUT2D eigenvalue weighted by atomic mass is 16.2. The minimum absolute atomic E-state index is 0.167. The lowest BCUT2D eigenvalue weighted by atomic mass is 10.1. The van der Waals surface area contributed by atoms with Crippen molar-refractivity contribution in [1.82, 2.24) is 5.32 Å². The van der Waals surface area contributed by atoms with E-state index in [2.05, 4.69) is 58.5 Å². The summed E-state index contributed by atoms with van der Waals surface area (Å²) in [6.45, 7) is 6.61. The molecule has 1 saturated heterocycles. The lowest BCUT2D eigenvalue weighted by Crippen LogP contribution is -3.16. The van der Waals surface area contributed by atoms with Gasteiger partial charge in [0.15, 0.2) is 6.54 Å². The molecule has 2 heterocycles. The molecule has 0 spiro atoms. The number of carbonyl (C=O) groups excluding carboxylic acids is 1. The maximum absolute atomic E-state index is 12.3. The summed E-state index contributed by atoms with van der Waals surface area (Å²) in [5.74, 6) is 1.32. The summed E-state index contributed by atoms with van der Waals surface area (Å²) in [4.78, 5) is 19.3. The summed E-state index contributed by atoms with van der Waals surface area (Å²) in [6, 6.07) is 16.8. The Morgan fingerprint density at radius 3 is 2.58 bits per heavy atom. The molecule has 0 radical (unpaired) electrons. The van der Waals surface area contributed by atoms with Crippen LogP contribution < -0.4 is 20.1 Å². The van der Waals surface area contributed by atoms with E-state index in [4.69, 9.17) is 0 Å². The highest BCUT2D eigenvalue weighted by molar-refractivity contribution is 5.77. The van der Waals surface area contributed by atoms with Crippen molar-refractivity contribution >= 4 is 11.7 Å². The first kappa shape index (κ1) is 18.4. The van der Waals surface area contributed by atoms with Crippen LogP contribution in [0.25, 0.3) is 0 Å². The molecule has 5 heteroatoms. The molecule has 3 N–H and O–H groups in total. The third-order valence-corrected chi connectivity index (χ3v) is 5.03. The molecule has 1 aliphatic rings. The predicted octanol–water partition coefficient (Wildman–Crippen LogP) is 0.343. The number of pyridine rings is 1. The van der Waals surface area contributed by atoms with Gasteiger partial charge in [0.05, 0.1) is 6.20 Å². The first-order chi connectivity index (χ1) is 12.7. The van der Waals surface area contributed by atoms with E-state index in [1.165, 1.54) is 10.5 Å². The Bertz CT molecular complexity index is 669. The Morgan fingerprint density at radius 1 is 1.15 bits per heavy atom. The fourth-order valence-electron chi connectivity index (χ4n) is 3.47. The van der Waals surface area contributed by atoms with Gasteiger partial charge in [0.25, 0.3) is 11.7 Å². The predicted molar refractivity (Wildman–Crippen MR) is 103 cm³/mol. The van der Waals surface area contributed by atoms with Gasteiger partial charge in [-0.05, 0) is 31.4 Å². The third kappa shape index (κ3) is 5.56. The van der Waals surface area contributed by atoms with Crippen LogP contribution in [0.2, 0.25) is 0 Å². The van der Waals surface area contributed by atoms with Crippen molar-refractivity contribution in [3.63, 3.8) is 0 Å². The molecule has 1 aromatic carbocycles. The van der Waals surface area contributed by atoms with Crippen LogP contribution >= 0.6 is 0 Å². The maximum atomic E-state index is 12.3. The zero-order valence-corrected chi connectivity index (χ0v) is 15.6. The number of benzene rings is 1. The quantitative estimate of drug-likeness (QED) is 0.754. The number of aromatic nitrogens is 1. The number of amides is 1. The number of aryl methyl sites for hydroxylation is 1. The fourth-order valence-corrected chi connectivity index (χ4v) is 3.47. The Morgan fingerprint density at radius 2 is 1.88 bits per heavy atom. The maximum Gasteiger partial charge on any atom is 0.275 e. The fraction of sp³-hybridized carbons (Fsp3) is 0.429. The lowest BCUT2D eigenvalue weighted by Gasteiger charge is -2.28. The van der Waals surface area contributed by atoms with Crippen LogP contribution in [0.5, 0.6) is 0 Å². The van der Waals surface area contributed by atoms with Crippen molar-refractivity contribution in [2.45, 2.75) is 25.8 Å². The molecule has 1 aromatic heterocycles. The van der Waals surface area contributed by atoms with E-state index in [1.54, 1.807) is 0 Å². The average molecular weight is 354 g/mol. The number of carbonyl (C=O) groups is 1. The van der Waals surface area contributed by atoms with Crippen molar-refractivity contribution < 1.29 is 14.7 Å². The van der Waals surface area contributed by atoms with Gasteiger partial charge in [-0.3, -0.25) is 9.69 Å². The number of hydrogen-bond donors (Lipinski definition) is 2. The molecule has 1 atom stereocenters. The largest absolute Gasteiger partial charge is 0.349 e. The number of nitrogens with zero attached hydrogens (tertiary/aromatic N) is 1. The SMILES string of the molecule is C[C@@H](CCc1ccccc1)NC(=O)C[NH+]1CCN(c2cccc[nH+]2)CC1. The number of aromatic amines is 1. The van der Waals surface area contributed by atoms with Gasteiger partial charge in [-0.15, -0.1) is 0 Å². The highest BCUT2D eigenvalue weighted by Gasteiger charge is 2.27. The van der Waals surface area contributed by atoms with Crippen LogP contribution in [0.3, 0.4) is 0 Å². The summed E-state index contributed by atoms with van der Waals surface area (Å²) in [5.41, 5.74) is 1.33.